The Labute approximate surface area is 148 Å². The summed E-state index contributed by atoms with van der Waals surface area (Å²) in [7, 11) is 1.44. The molecule has 0 radical (unpaired) electrons. The largest absolute Gasteiger partial charge is 0.507 e. The first-order chi connectivity index (χ1) is 10.8. The van der Waals surface area contributed by atoms with Gasteiger partial charge in [-0.3, -0.25) is 4.79 Å². The normalized spacial score (nSPS) is 10.2. The summed E-state index contributed by atoms with van der Waals surface area (Å²) in [6, 6.07) is 7.09. The van der Waals surface area contributed by atoms with Crippen LogP contribution in [0.1, 0.15) is 20.7 Å². The number of carbonyl (C=O) groups excluding carboxylic acids is 1. The molecule has 0 unspecified atom stereocenters. The average Bonchev–Trinajstić information content (AvgIpc) is 2.46. The van der Waals surface area contributed by atoms with Gasteiger partial charge in [0, 0.05) is 16.2 Å². The second kappa shape index (κ2) is 7.01. The van der Waals surface area contributed by atoms with Crippen molar-refractivity contribution in [3.8, 4) is 11.5 Å². The van der Waals surface area contributed by atoms with Crippen LogP contribution in [0.4, 0.5) is 5.69 Å². The molecule has 2 rings (SSSR count). The number of benzene rings is 2. The molecule has 3 N–H and O–H groups in total. The maximum atomic E-state index is 12.4. The predicted molar refractivity (Wildman–Crippen MR) is 91.4 cm³/mol. The van der Waals surface area contributed by atoms with Crippen LogP contribution >= 0.6 is 31.9 Å². The van der Waals surface area contributed by atoms with Crippen molar-refractivity contribution in [2.24, 2.45) is 0 Å². The Hall–Kier alpha value is -2.06. The molecule has 0 bridgehead atoms. The van der Waals surface area contributed by atoms with E-state index in [0.717, 1.165) is 0 Å². The Morgan fingerprint density at radius 3 is 2.39 bits per heavy atom. The first-order valence-electron chi connectivity index (χ1n) is 6.24. The lowest BCUT2D eigenvalue weighted by Crippen LogP contribution is -2.13. The summed E-state index contributed by atoms with van der Waals surface area (Å²) in [5.41, 5.74) is 0.289. The average molecular weight is 445 g/mol. The number of phenols is 1. The number of aromatic hydroxyl groups is 1. The van der Waals surface area contributed by atoms with Crippen LogP contribution in [0.3, 0.4) is 0 Å². The third-order valence-corrected chi connectivity index (χ3v) is 3.99. The number of rotatable bonds is 4. The number of hydrogen-bond acceptors (Lipinski definition) is 4. The molecule has 0 aliphatic rings. The molecule has 0 saturated heterocycles. The van der Waals surface area contributed by atoms with Crippen LogP contribution in [-0.2, 0) is 0 Å². The van der Waals surface area contributed by atoms with E-state index in [4.69, 9.17) is 9.84 Å². The minimum absolute atomic E-state index is 0.245. The third kappa shape index (κ3) is 3.83. The zero-order chi connectivity index (χ0) is 17.1. The van der Waals surface area contributed by atoms with Gasteiger partial charge in [-0.2, -0.15) is 0 Å². The molecule has 8 heteroatoms. The predicted octanol–water partition coefficient (Wildman–Crippen LogP) is 3.88. The molecule has 0 aromatic heterocycles. The summed E-state index contributed by atoms with van der Waals surface area (Å²) in [5.74, 6) is -1.79. The maximum absolute atomic E-state index is 12.4. The molecular weight excluding hydrogens is 434 g/mol. The zero-order valence-corrected chi connectivity index (χ0v) is 14.9. The summed E-state index contributed by atoms with van der Waals surface area (Å²) in [5, 5.41) is 21.1. The number of aromatic carboxylic acids is 1. The van der Waals surface area contributed by atoms with Crippen LogP contribution in [-0.4, -0.2) is 29.2 Å². The van der Waals surface area contributed by atoms with E-state index in [9.17, 15) is 14.7 Å². The van der Waals surface area contributed by atoms with Crippen LogP contribution in [0.15, 0.2) is 39.3 Å². The molecule has 1 amide bonds. The molecule has 0 fully saturated rings. The lowest BCUT2D eigenvalue weighted by atomic mass is 10.1. The smallest absolute Gasteiger partial charge is 0.339 e. The fourth-order valence-corrected chi connectivity index (χ4v) is 3.31. The summed E-state index contributed by atoms with van der Waals surface area (Å²) in [4.78, 5) is 23.3. The number of carboxylic acids is 1. The van der Waals surface area contributed by atoms with Crippen LogP contribution in [0.5, 0.6) is 11.5 Å². The third-order valence-electron chi connectivity index (χ3n) is 2.94. The van der Waals surface area contributed by atoms with E-state index in [-0.39, 0.29) is 16.8 Å². The van der Waals surface area contributed by atoms with E-state index >= 15 is 0 Å². The number of nitrogens with one attached hydrogen (secondary N) is 1. The second-order valence-corrected chi connectivity index (χ2v) is 6.23. The highest BCUT2D eigenvalue weighted by Crippen LogP contribution is 2.33. The molecule has 2 aromatic carbocycles. The number of halogens is 2. The number of amides is 1. The van der Waals surface area contributed by atoms with Gasteiger partial charge in [-0.1, -0.05) is 15.9 Å². The highest BCUT2D eigenvalue weighted by Gasteiger charge is 2.17. The fourth-order valence-electron chi connectivity index (χ4n) is 1.93. The summed E-state index contributed by atoms with van der Waals surface area (Å²) in [6.07, 6.45) is 0. The van der Waals surface area contributed by atoms with Crippen molar-refractivity contribution in [3.05, 3.63) is 50.4 Å². The molecule has 0 heterocycles. The maximum Gasteiger partial charge on any atom is 0.339 e. The Kier molecular flexibility index (Phi) is 5.27. The number of hydrogen-bond donors (Lipinski definition) is 3. The molecule has 0 aliphatic heterocycles. The van der Waals surface area contributed by atoms with E-state index in [0.29, 0.717) is 14.7 Å². The Balaban J connectivity index is 2.33. The van der Waals surface area contributed by atoms with Crippen LogP contribution < -0.4 is 10.1 Å². The van der Waals surface area contributed by atoms with Gasteiger partial charge in [0.15, 0.2) is 0 Å². The van der Waals surface area contributed by atoms with Crippen molar-refractivity contribution in [1.82, 2.24) is 0 Å². The standard InChI is InChI=1S/C15H11Br2NO5/c1-23-13-10(4-7(16)5-11(13)17)14(20)18-8-2-3-9(15(21)22)12(19)6-8/h2-6,19H,1H3,(H,18,20)(H,21,22). The molecule has 120 valence electrons. The van der Waals surface area contributed by atoms with E-state index in [1.54, 1.807) is 12.1 Å². The van der Waals surface area contributed by atoms with E-state index in [1.165, 1.54) is 25.3 Å². The van der Waals surface area contributed by atoms with Gasteiger partial charge in [0.2, 0.25) is 0 Å². The second-order valence-electron chi connectivity index (χ2n) is 4.46. The molecule has 0 saturated carbocycles. The van der Waals surface area contributed by atoms with Gasteiger partial charge in [0.05, 0.1) is 17.1 Å². The van der Waals surface area contributed by atoms with Crippen molar-refractivity contribution in [2.75, 3.05) is 12.4 Å². The highest BCUT2D eigenvalue weighted by molar-refractivity contribution is 9.11. The summed E-state index contributed by atoms with van der Waals surface area (Å²) >= 11 is 6.61. The monoisotopic (exact) mass is 443 g/mol. The number of carbonyl (C=O) groups is 2. The molecule has 6 nitrogen and oxygen atoms in total. The molecule has 0 atom stereocenters. The van der Waals surface area contributed by atoms with Gasteiger partial charge >= 0.3 is 5.97 Å². The van der Waals surface area contributed by atoms with Crippen molar-refractivity contribution >= 4 is 49.4 Å². The Bertz CT molecular complexity index is 792. The van der Waals surface area contributed by atoms with Gasteiger partial charge in [0.1, 0.15) is 17.1 Å². The van der Waals surface area contributed by atoms with E-state index < -0.39 is 17.6 Å². The molecule has 0 spiro atoms. The van der Waals surface area contributed by atoms with Crippen molar-refractivity contribution in [3.63, 3.8) is 0 Å². The van der Waals surface area contributed by atoms with Gasteiger partial charge in [-0.05, 0) is 40.2 Å². The Morgan fingerprint density at radius 1 is 1.13 bits per heavy atom. The number of ether oxygens (including phenoxy) is 1. The molecule has 23 heavy (non-hydrogen) atoms. The summed E-state index contributed by atoms with van der Waals surface area (Å²) < 4.78 is 6.49. The minimum Gasteiger partial charge on any atom is -0.507 e. The molecule has 2 aromatic rings. The van der Waals surface area contributed by atoms with Gasteiger partial charge < -0.3 is 20.3 Å². The SMILES string of the molecule is COc1c(Br)cc(Br)cc1C(=O)Nc1ccc(C(=O)O)c(O)c1. The van der Waals surface area contributed by atoms with Crippen LogP contribution in [0, 0.1) is 0 Å². The van der Waals surface area contributed by atoms with Crippen LogP contribution in [0.2, 0.25) is 0 Å². The number of methoxy groups -OCH3 is 1. The highest BCUT2D eigenvalue weighted by atomic mass is 79.9. The zero-order valence-electron chi connectivity index (χ0n) is 11.8. The Morgan fingerprint density at radius 2 is 1.83 bits per heavy atom. The van der Waals surface area contributed by atoms with Crippen LogP contribution in [0.25, 0.3) is 0 Å². The van der Waals surface area contributed by atoms with Crippen molar-refractivity contribution in [2.45, 2.75) is 0 Å². The topological polar surface area (TPSA) is 95.9 Å². The lowest BCUT2D eigenvalue weighted by Gasteiger charge is -2.12. The molecule has 0 aliphatic carbocycles. The minimum atomic E-state index is -1.25. The first-order valence-corrected chi connectivity index (χ1v) is 7.82. The molecular formula is C15H11Br2NO5. The first kappa shape index (κ1) is 17.3. The van der Waals surface area contributed by atoms with E-state index in [2.05, 4.69) is 37.2 Å². The van der Waals surface area contributed by atoms with Crippen molar-refractivity contribution < 1.29 is 24.5 Å². The van der Waals surface area contributed by atoms with Gasteiger partial charge in [-0.25, -0.2) is 4.79 Å². The quantitative estimate of drug-likeness (QED) is 0.665. The number of carboxylic acid groups (broad SMARTS) is 1. The van der Waals surface area contributed by atoms with E-state index in [1.807, 2.05) is 0 Å². The number of anilines is 1. The summed E-state index contributed by atoms with van der Waals surface area (Å²) in [6.45, 7) is 0. The van der Waals surface area contributed by atoms with Gasteiger partial charge in [0.25, 0.3) is 5.91 Å². The van der Waals surface area contributed by atoms with Gasteiger partial charge in [-0.15, -0.1) is 0 Å². The fraction of sp³-hybridized carbons (Fsp3) is 0.0667. The lowest BCUT2D eigenvalue weighted by molar-refractivity contribution is 0.0693. The van der Waals surface area contributed by atoms with Crippen molar-refractivity contribution in [1.29, 1.82) is 0 Å².